The third-order valence-electron chi connectivity index (χ3n) is 0.0727. The first-order valence-corrected chi connectivity index (χ1v) is 0.885. The maximum atomic E-state index is 10.4. The van der Waals surface area contributed by atoms with Crippen LogP contribution in [0.4, 0.5) is 4.32 Å². The average molecular weight is 51.4 g/mol. The largest absolute Gasteiger partial charge is 0.356 e. The van der Waals surface area contributed by atoms with E-state index in [-0.39, 0.29) is 7.45 Å². The molecule has 0 bridgehead atoms. The second-order valence-electron chi connectivity index (χ2n) is 0.318. The van der Waals surface area contributed by atoms with Crippen LogP contribution in [0.2, 0.25) is 0 Å². The van der Waals surface area contributed by atoms with Crippen LogP contribution in [0.3, 0.4) is 0 Å². The average Bonchev–Trinajstić information content (AvgIpc) is 1.37. The molecule has 0 nitrogen and oxygen atoms in total. The fourth-order valence-electron chi connectivity index (χ4n) is 0. The van der Waals surface area contributed by atoms with E-state index in [1.54, 1.807) is 0 Å². The molecule has 0 rings (SSSR count). The minimum absolute atomic E-state index is 0.278. The second-order valence-corrected chi connectivity index (χ2v) is 0.318. The summed E-state index contributed by atoms with van der Waals surface area (Å²) in [5.74, 6) is 0. The lowest BCUT2D eigenvalue weighted by atomic mass is 9.37. The molecule has 0 amide bonds. The van der Waals surface area contributed by atoms with Crippen molar-refractivity contribution in [3.8, 4) is 0 Å². The van der Waals surface area contributed by atoms with Gasteiger partial charge in [0, 0.05) is 7.74 Å². The number of halogens is 1. The minimum Gasteiger partial charge on any atom is -0.356 e. The van der Waals surface area contributed by atoms with Gasteiger partial charge in [0.25, 0.3) is 7.45 Å². The third kappa shape index (κ3) is 2.12. The van der Waals surface area contributed by atoms with Gasteiger partial charge in [-0.15, -0.1) is 0 Å². The van der Waals surface area contributed by atoms with Crippen molar-refractivity contribution in [1.82, 2.24) is 0 Å². The van der Waals surface area contributed by atoms with Crippen molar-refractivity contribution in [1.29, 1.82) is 0 Å². The first-order chi connectivity index (χ1) is 1.91. The molecule has 0 aromatic rings. The van der Waals surface area contributed by atoms with Crippen molar-refractivity contribution in [3.63, 3.8) is 0 Å². The molecule has 0 unspecified atom stereocenters. The summed E-state index contributed by atoms with van der Waals surface area (Å²) in [5.41, 5.74) is 0. The van der Waals surface area contributed by atoms with Crippen molar-refractivity contribution in [3.05, 3.63) is 0 Å². The zero-order chi connectivity index (χ0) is 3.41. The highest BCUT2D eigenvalue weighted by Gasteiger charge is 1.71. The Balaban J connectivity index is 1.97. The molecular weight excluding hydrogens is 51.4 g/mol. The molecule has 0 atom stereocenters. The highest BCUT2D eigenvalue weighted by Crippen LogP contribution is 1.42. The maximum absolute atomic E-state index is 10.4. The van der Waals surface area contributed by atoms with E-state index in [4.69, 9.17) is 0 Å². The predicted octanol–water partition coefficient (Wildman–Crippen LogP) is -0.722. The van der Waals surface area contributed by atoms with E-state index < -0.39 is 0 Å². The van der Waals surface area contributed by atoms with Gasteiger partial charge in [0.05, 0.1) is 7.06 Å². The SMILES string of the molecule is [B][B][B]F. The van der Waals surface area contributed by atoms with Crippen LogP contribution in [-0.2, 0) is 0 Å². The molecule has 16 valence electrons. The van der Waals surface area contributed by atoms with Gasteiger partial charge in [-0.05, 0) is 0 Å². The Bertz CT molecular complexity index is 5.25. The van der Waals surface area contributed by atoms with Crippen LogP contribution in [0.1, 0.15) is 0 Å². The number of rotatable bonds is 1. The van der Waals surface area contributed by atoms with Crippen molar-refractivity contribution in [2.24, 2.45) is 0 Å². The van der Waals surface area contributed by atoms with Gasteiger partial charge in [0.15, 0.2) is 0 Å². The van der Waals surface area contributed by atoms with Crippen LogP contribution in [0.15, 0.2) is 0 Å². The topological polar surface area (TPSA) is 0 Å². The fourth-order valence-corrected chi connectivity index (χ4v) is 0. The Kier molecular flexibility index (Phi) is 3.22. The van der Waals surface area contributed by atoms with E-state index in [0.717, 1.165) is 7.06 Å². The number of hydrogen-bond donors (Lipinski definition) is 0. The summed E-state index contributed by atoms with van der Waals surface area (Å²) < 4.78 is 10.4. The van der Waals surface area contributed by atoms with Crippen molar-refractivity contribution < 1.29 is 4.32 Å². The molecule has 0 aromatic heterocycles. The van der Waals surface area contributed by atoms with Gasteiger partial charge < -0.3 is 4.32 Å². The Morgan fingerprint density at radius 2 is 2.00 bits per heavy atom. The predicted molar refractivity (Wildman–Crippen MR) is 18.4 cm³/mol. The van der Waals surface area contributed by atoms with Crippen molar-refractivity contribution in [2.75, 3.05) is 0 Å². The van der Waals surface area contributed by atoms with E-state index in [2.05, 4.69) is 7.74 Å². The molecule has 4 heteroatoms. The molecule has 0 aliphatic carbocycles. The lowest BCUT2D eigenvalue weighted by Crippen LogP contribution is -1.92. The molecule has 0 heterocycles. The van der Waals surface area contributed by atoms with E-state index in [1.807, 2.05) is 0 Å². The molecule has 4 heavy (non-hydrogen) atoms. The van der Waals surface area contributed by atoms with Crippen molar-refractivity contribution >= 4 is 22.2 Å². The first-order valence-electron chi connectivity index (χ1n) is 0.885. The summed E-state index contributed by atoms with van der Waals surface area (Å²) in [6.45, 7) is 0. The third-order valence-corrected chi connectivity index (χ3v) is 0.0727. The summed E-state index contributed by atoms with van der Waals surface area (Å²) in [6.07, 6.45) is 0. The first kappa shape index (κ1) is 4.12. The van der Waals surface area contributed by atoms with Gasteiger partial charge >= 0.3 is 0 Å². The Hall–Kier alpha value is 0.125. The van der Waals surface area contributed by atoms with Gasteiger partial charge in [0.1, 0.15) is 0 Å². The van der Waals surface area contributed by atoms with Gasteiger partial charge in [-0.25, -0.2) is 0 Å². The molecule has 0 aliphatic heterocycles. The van der Waals surface area contributed by atoms with Crippen LogP contribution in [0, 0.1) is 0 Å². The number of hydrogen-bond acceptors (Lipinski definition) is 0. The normalized spacial score (nSPS) is 5.25. The lowest BCUT2D eigenvalue weighted by molar-refractivity contribution is 0.893. The zero-order valence-corrected chi connectivity index (χ0v) is 2.11. The molecule has 0 fully saturated rings. The fraction of sp³-hybridized carbons (Fsp3) is 0. The van der Waals surface area contributed by atoms with Crippen LogP contribution >= 0.6 is 0 Å². The lowest BCUT2D eigenvalue weighted by Gasteiger charge is -1.56. The van der Waals surface area contributed by atoms with E-state index >= 15 is 0 Å². The molecule has 0 saturated carbocycles. The minimum atomic E-state index is 0.278. The summed E-state index contributed by atoms with van der Waals surface area (Å²) in [5, 5.41) is 0. The Morgan fingerprint density at radius 3 is 2.00 bits per heavy atom. The summed E-state index contributed by atoms with van der Waals surface area (Å²) in [6, 6.07) is 0. The molecule has 0 spiro atoms. The standard InChI is InChI=1S/B3F/c1-2-3-4. The van der Waals surface area contributed by atoms with E-state index in [9.17, 15) is 4.32 Å². The molecule has 0 aliphatic rings. The molecular formula is B3F. The van der Waals surface area contributed by atoms with Gasteiger partial charge in [-0.2, -0.15) is 0 Å². The summed E-state index contributed by atoms with van der Waals surface area (Å²) >= 11 is 0. The van der Waals surface area contributed by atoms with E-state index in [1.165, 1.54) is 0 Å². The molecule has 0 saturated heterocycles. The Labute approximate surface area is 27.7 Å². The van der Waals surface area contributed by atoms with Gasteiger partial charge in [0.2, 0.25) is 0 Å². The maximum Gasteiger partial charge on any atom is 0.290 e. The van der Waals surface area contributed by atoms with Gasteiger partial charge in [-0.1, -0.05) is 0 Å². The van der Waals surface area contributed by atoms with Crippen LogP contribution < -0.4 is 0 Å². The smallest absolute Gasteiger partial charge is 0.290 e. The van der Waals surface area contributed by atoms with Gasteiger partial charge in [-0.3, -0.25) is 0 Å². The molecule has 4 radical (unpaired) electrons. The Morgan fingerprint density at radius 1 is 1.75 bits per heavy atom. The quantitative estimate of drug-likeness (QED) is 0.345. The second kappa shape index (κ2) is 3.12. The van der Waals surface area contributed by atoms with Crippen LogP contribution in [-0.4, -0.2) is 22.2 Å². The van der Waals surface area contributed by atoms with Crippen LogP contribution in [0.5, 0.6) is 0 Å². The zero-order valence-electron chi connectivity index (χ0n) is 2.11. The van der Waals surface area contributed by atoms with Crippen LogP contribution in [0.25, 0.3) is 0 Å². The highest BCUT2D eigenvalue weighted by atomic mass is 19.1. The molecule has 0 aromatic carbocycles. The van der Waals surface area contributed by atoms with E-state index in [0.29, 0.717) is 0 Å². The van der Waals surface area contributed by atoms with Crippen molar-refractivity contribution in [2.45, 2.75) is 0 Å². The molecule has 0 N–H and O–H groups in total. The summed E-state index contributed by atoms with van der Waals surface area (Å²) in [4.78, 5) is 0. The summed E-state index contributed by atoms with van der Waals surface area (Å²) in [7, 11) is 5.58. The highest BCUT2D eigenvalue weighted by molar-refractivity contribution is 7.21. The monoisotopic (exact) mass is 52.0 g/mol.